The summed E-state index contributed by atoms with van der Waals surface area (Å²) in [5.74, 6) is 0.436. The number of aliphatic hydroxyl groups excluding tert-OH is 1. The van der Waals surface area contributed by atoms with Crippen molar-refractivity contribution in [1.29, 1.82) is 0 Å². The molecule has 0 aliphatic carbocycles. The second-order valence-electron chi connectivity index (χ2n) is 12.6. The lowest BCUT2D eigenvalue weighted by Gasteiger charge is -2.47. The number of pyridine rings is 2. The van der Waals surface area contributed by atoms with Gasteiger partial charge >= 0.3 is 6.09 Å². The third-order valence-corrected chi connectivity index (χ3v) is 9.48. The van der Waals surface area contributed by atoms with Crippen LogP contribution in [0.3, 0.4) is 0 Å². The Labute approximate surface area is 288 Å². The first-order chi connectivity index (χ1) is 23.6. The van der Waals surface area contributed by atoms with Crippen LogP contribution in [-0.2, 0) is 17.9 Å². The topological polar surface area (TPSA) is 157 Å². The molecule has 49 heavy (non-hydrogen) atoms. The van der Waals surface area contributed by atoms with Crippen molar-refractivity contribution in [3.05, 3.63) is 94.4 Å². The summed E-state index contributed by atoms with van der Waals surface area (Å²) >= 11 is 7.03. The third-order valence-electron chi connectivity index (χ3n) is 9.10. The molecule has 4 N–H and O–H groups in total. The van der Waals surface area contributed by atoms with Gasteiger partial charge in [0.05, 0.1) is 31.0 Å². The van der Waals surface area contributed by atoms with E-state index in [4.69, 9.17) is 21.4 Å². The highest BCUT2D eigenvalue weighted by molar-refractivity contribution is 6.35. The molecular formula is C36H37ClN6O6. The summed E-state index contributed by atoms with van der Waals surface area (Å²) < 4.78 is 5.77. The van der Waals surface area contributed by atoms with Gasteiger partial charge in [-0.15, -0.1) is 0 Å². The molecule has 0 unspecified atom stereocenters. The lowest BCUT2D eigenvalue weighted by Crippen LogP contribution is -2.56. The lowest BCUT2D eigenvalue weighted by molar-refractivity contribution is -0.120. The average molecular weight is 685 g/mol. The minimum Gasteiger partial charge on any atom is -0.496 e. The number of anilines is 1. The summed E-state index contributed by atoms with van der Waals surface area (Å²) in [5, 5.41) is 24.7. The van der Waals surface area contributed by atoms with Crippen LogP contribution in [0.2, 0.25) is 5.02 Å². The molecule has 2 fully saturated rings. The molecule has 3 amide bonds. The zero-order chi connectivity index (χ0) is 34.7. The standard InChI is InChI=1S/C36H37ClN6O6/c1-22-26(4-3-5-28(22)41-34(46)29-9-6-23(16-39-29)17-43(12-13-44)35(47)48)27-10-11-38-33(32(27)37)24-7-8-25(30(14-24)49-2)18-42-20-36(21-42)15-31(45)40-19-36/h3-11,14,16,44H,12-13,15,17-21H2,1-2H3,(H,40,45)(H,41,46)(H,47,48). The highest BCUT2D eigenvalue weighted by atomic mass is 35.5. The SMILES string of the molecule is COc1cc(-c2nccc(-c3cccc(NC(=O)c4ccc(CN(CCO)C(=O)O)cn4)c3C)c2Cl)ccc1CN1CC2(CNC(=O)C2)C1. The van der Waals surface area contributed by atoms with Gasteiger partial charge in [-0.2, -0.15) is 0 Å². The smallest absolute Gasteiger partial charge is 0.407 e. The van der Waals surface area contributed by atoms with Gasteiger partial charge in [0.1, 0.15) is 11.4 Å². The Hall–Kier alpha value is -5.04. The molecule has 2 aliphatic rings. The van der Waals surface area contributed by atoms with E-state index in [1.165, 1.54) is 12.3 Å². The van der Waals surface area contributed by atoms with Gasteiger partial charge in [-0.3, -0.25) is 24.5 Å². The van der Waals surface area contributed by atoms with Crippen molar-refractivity contribution >= 4 is 35.2 Å². The van der Waals surface area contributed by atoms with Crippen molar-refractivity contribution in [1.82, 2.24) is 25.1 Å². The summed E-state index contributed by atoms with van der Waals surface area (Å²) in [6.45, 7) is 4.80. The number of carbonyl (C=O) groups excluding carboxylic acids is 2. The van der Waals surface area contributed by atoms with Gasteiger partial charge in [-0.25, -0.2) is 4.79 Å². The Bertz CT molecular complexity index is 1900. The van der Waals surface area contributed by atoms with Crippen LogP contribution >= 0.6 is 11.6 Å². The van der Waals surface area contributed by atoms with E-state index in [0.717, 1.165) is 58.1 Å². The zero-order valence-corrected chi connectivity index (χ0v) is 28.0. The number of nitrogens with one attached hydrogen (secondary N) is 2. The van der Waals surface area contributed by atoms with Crippen LogP contribution < -0.4 is 15.4 Å². The van der Waals surface area contributed by atoms with E-state index in [2.05, 4.69) is 25.5 Å². The molecule has 254 valence electrons. The van der Waals surface area contributed by atoms with Gasteiger partial charge in [-0.1, -0.05) is 41.9 Å². The van der Waals surface area contributed by atoms with E-state index in [-0.39, 0.29) is 36.7 Å². The van der Waals surface area contributed by atoms with Crippen molar-refractivity contribution in [3.63, 3.8) is 0 Å². The molecule has 6 rings (SSSR count). The molecule has 2 aromatic carbocycles. The molecule has 0 bridgehead atoms. The largest absolute Gasteiger partial charge is 0.496 e. The number of nitrogens with zero attached hydrogens (tertiary/aromatic N) is 4. The lowest BCUT2D eigenvalue weighted by atomic mass is 9.79. The van der Waals surface area contributed by atoms with Crippen LogP contribution in [0.1, 0.15) is 33.6 Å². The predicted molar refractivity (Wildman–Crippen MR) is 184 cm³/mol. The van der Waals surface area contributed by atoms with E-state index in [9.17, 15) is 19.5 Å². The maximum atomic E-state index is 13.1. The number of benzene rings is 2. The number of methoxy groups -OCH3 is 1. The summed E-state index contributed by atoms with van der Waals surface area (Å²) in [5.41, 5.74) is 6.20. The minimum atomic E-state index is -1.15. The first kappa shape index (κ1) is 33.8. The van der Waals surface area contributed by atoms with E-state index in [1.807, 2.05) is 43.3 Å². The number of likely N-dealkylation sites (tertiary alicyclic amines) is 1. The quantitative estimate of drug-likeness (QED) is 0.174. The Morgan fingerprint density at radius 3 is 2.61 bits per heavy atom. The molecule has 2 saturated heterocycles. The zero-order valence-electron chi connectivity index (χ0n) is 27.2. The van der Waals surface area contributed by atoms with Crippen molar-refractivity contribution in [2.45, 2.75) is 26.4 Å². The molecule has 13 heteroatoms. The first-order valence-corrected chi connectivity index (χ1v) is 16.2. The van der Waals surface area contributed by atoms with E-state index < -0.39 is 12.0 Å². The van der Waals surface area contributed by atoms with E-state index in [1.54, 1.807) is 25.4 Å². The summed E-state index contributed by atoms with van der Waals surface area (Å²) in [4.78, 5) is 48.5. The number of ether oxygens (including phenoxy) is 1. The summed E-state index contributed by atoms with van der Waals surface area (Å²) in [7, 11) is 1.64. The fourth-order valence-electron chi connectivity index (χ4n) is 6.59. The fraction of sp³-hybridized carbons (Fsp3) is 0.306. The number of aromatic nitrogens is 2. The van der Waals surface area contributed by atoms with Crippen LogP contribution in [0, 0.1) is 12.3 Å². The second-order valence-corrected chi connectivity index (χ2v) is 12.9. The number of carboxylic acid groups (broad SMARTS) is 1. The van der Waals surface area contributed by atoms with Crippen molar-refractivity contribution < 1.29 is 29.3 Å². The average Bonchev–Trinajstić information content (AvgIpc) is 3.47. The summed E-state index contributed by atoms with van der Waals surface area (Å²) in [6.07, 6.45) is 2.58. The number of aliphatic hydroxyl groups is 1. The van der Waals surface area contributed by atoms with Crippen molar-refractivity contribution in [3.8, 4) is 28.1 Å². The van der Waals surface area contributed by atoms with Gasteiger partial charge in [-0.05, 0) is 47.9 Å². The van der Waals surface area contributed by atoms with Gasteiger partial charge < -0.3 is 30.5 Å². The number of hydrogen-bond acceptors (Lipinski definition) is 8. The number of halogens is 1. The van der Waals surface area contributed by atoms with Crippen LogP contribution in [-0.4, -0.2) is 87.8 Å². The molecule has 1 spiro atoms. The Kier molecular flexibility index (Phi) is 9.81. The molecule has 0 saturated carbocycles. The Balaban J connectivity index is 1.17. The first-order valence-electron chi connectivity index (χ1n) is 15.9. The van der Waals surface area contributed by atoms with Crippen LogP contribution in [0.4, 0.5) is 10.5 Å². The normalized spacial score (nSPS) is 15.1. The number of carbonyl (C=O) groups is 3. The molecule has 0 radical (unpaired) electrons. The van der Waals surface area contributed by atoms with Crippen molar-refractivity contribution in [2.24, 2.45) is 5.41 Å². The summed E-state index contributed by atoms with van der Waals surface area (Å²) in [6, 6.07) is 16.5. The maximum Gasteiger partial charge on any atom is 0.407 e. The van der Waals surface area contributed by atoms with E-state index >= 15 is 0 Å². The second kappa shape index (κ2) is 14.2. The predicted octanol–water partition coefficient (Wildman–Crippen LogP) is 4.83. The molecule has 2 aliphatic heterocycles. The third kappa shape index (κ3) is 7.21. The maximum absolute atomic E-state index is 13.1. The van der Waals surface area contributed by atoms with E-state index in [0.29, 0.717) is 34.9 Å². The van der Waals surface area contributed by atoms with Crippen LogP contribution in [0.5, 0.6) is 5.75 Å². The van der Waals surface area contributed by atoms with Crippen LogP contribution in [0.25, 0.3) is 22.4 Å². The van der Waals surface area contributed by atoms with Gasteiger partial charge in [0.15, 0.2) is 0 Å². The van der Waals surface area contributed by atoms with Gasteiger partial charge in [0.2, 0.25) is 5.91 Å². The highest BCUT2D eigenvalue weighted by Crippen LogP contribution is 2.41. The molecule has 4 heterocycles. The Morgan fingerprint density at radius 1 is 1.12 bits per heavy atom. The minimum absolute atomic E-state index is 0.0279. The number of amides is 3. The number of hydrogen-bond donors (Lipinski definition) is 4. The highest BCUT2D eigenvalue weighted by Gasteiger charge is 2.47. The van der Waals surface area contributed by atoms with Gasteiger partial charge in [0.25, 0.3) is 5.91 Å². The molecule has 12 nitrogen and oxygen atoms in total. The van der Waals surface area contributed by atoms with Crippen LogP contribution in [0.15, 0.2) is 67.0 Å². The molecular weight excluding hydrogens is 648 g/mol. The molecule has 4 aromatic rings. The number of rotatable bonds is 11. The fourth-order valence-corrected chi connectivity index (χ4v) is 6.91. The monoisotopic (exact) mass is 684 g/mol. The van der Waals surface area contributed by atoms with Crippen molar-refractivity contribution in [2.75, 3.05) is 45.2 Å². The van der Waals surface area contributed by atoms with Gasteiger partial charge in [0, 0.05) is 79.3 Å². The molecule has 0 atom stereocenters. The molecule has 2 aromatic heterocycles. The Morgan fingerprint density at radius 2 is 1.94 bits per heavy atom.